The average Bonchev–Trinajstić information content (AvgIpc) is 2.80. The zero-order valence-electron chi connectivity index (χ0n) is 13.5. The fourth-order valence-electron chi connectivity index (χ4n) is 6.87. The summed E-state index contributed by atoms with van der Waals surface area (Å²) in [6, 6.07) is 0. The monoisotopic (exact) mass is 288 g/mol. The molecule has 116 valence electrons. The summed E-state index contributed by atoms with van der Waals surface area (Å²) in [6.45, 7) is 4.72. The lowest BCUT2D eigenvalue weighted by atomic mass is 9.45. The average molecular weight is 288 g/mol. The van der Waals surface area contributed by atoms with Crippen molar-refractivity contribution in [3.05, 3.63) is 0 Å². The van der Waals surface area contributed by atoms with Crippen LogP contribution < -0.4 is 0 Å². The molecule has 0 aromatic rings. The van der Waals surface area contributed by atoms with Crippen molar-refractivity contribution in [3.8, 4) is 0 Å². The highest BCUT2D eigenvalue weighted by atomic mass is 16.1. The van der Waals surface area contributed by atoms with Gasteiger partial charge in [0.25, 0.3) is 0 Å². The standard InChI is InChI=1S/C19H28O2/c1-18-8-3-4-15(18)14-6-5-12-10-13(20)7-9-19(12,2)17(14)16(21)11-18/h12,14-15,17H,3-11H2,1-2H3/t12-,14?,15?,17?,18?,19?/m0/s1. The van der Waals surface area contributed by atoms with E-state index >= 15 is 0 Å². The molecular weight excluding hydrogens is 260 g/mol. The number of rotatable bonds is 0. The molecule has 0 spiro atoms. The lowest BCUT2D eigenvalue weighted by Crippen LogP contribution is -2.56. The highest BCUT2D eigenvalue weighted by Gasteiger charge is 2.60. The van der Waals surface area contributed by atoms with Crippen LogP contribution in [0.4, 0.5) is 0 Å². The maximum Gasteiger partial charge on any atom is 0.137 e. The second-order valence-corrected chi connectivity index (χ2v) is 8.96. The van der Waals surface area contributed by atoms with Crippen molar-refractivity contribution >= 4 is 11.6 Å². The van der Waals surface area contributed by atoms with Gasteiger partial charge in [0, 0.05) is 25.2 Å². The van der Waals surface area contributed by atoms with Crippen molar-refractivity contribution in [1.82, 2.24) is 0 Å². The highest BCUT2D eigenvalue weighted by Crippen LogP contribution is 2.64. The number of fused-ring (bicyclic) bond motifs is 5. The van der Waals surface area contributed by atoms with E-state index < -0.39 is 0 Å². The Morgan fingerprint density at radius 1 is 1.05 bits per heavy atom. The molecule has 2 heteroatoms. The minimum Gasteiger partial charge on any atom is -0.300 e. The smallest absolute Gasteiger partial charge is 0.137 e. The summed E-state index contributed by atoms with van der Waals surface area (Å²) in [7, 11) is 0. The van der Waals surface area contributed by atoms with Gasteiger partial charge in [-0.05, 0) is 60.7 Å². The second kappa shape index (κ2) is 4.43. The number of Topliss-reactive ketones (excluding diaryl/α,β-unsaturated/α-hetero) is 2. The Morgan fingerprint density at radius 2 is 1.86 bits per heavy atom. The molecule has 0 aromatic heterocycles. The van der Waals surface area contributed by atoms with E-state index in [2.05, 4.69) is 13.8 Å². The quantitative estimate of drug-likeness (QED) is 0.670. The molecule has 0 aromatic carbocycles. The summed E-state index contributed by atoms with van der Waals surface area (Å²) in [5.41, 5.74) is 0.420. The van der Waals surface area contributed by atoms with E-state index in [0.29, 0.717) is 35.2 Å². The van der Waals surface area contributed by atoms with Crippen molar-refractivity contribution < 1.29 is 9.59 Å². The van der Waals surface area contributed by atoms with Gasteiger partial charge in [-0.25, -0.2) is 0 Å². The molecule has 4 aliphatic rings. The van der Waals surface area contributed by atoms with Gasteiger partial charge < -0.3 is 0 Å². The van der Waals surface area contributed by atoms with E-state index in [1.165, 1.54) is 32.1 Å². The fraction of sp³-hybridized carbons (Fsp3) is 0.895. The van der Waals surface area contributed by atoms with Crippen LogP contribution in [-0.2, 0) is 9.59 Å². The Labute approximate surface area is 128 Å². The highest BCUT2D eigenvalue weighted by molar-refractivity contribution is 5.85. The first-order chi connectivity index (χ1) is 9.94. The molecule has 6 atom stereocenters. The number of ketones is 2. The Balaban J connectivity index is 1.70. The van der Waals surface area contributed by atoms with Crippen LogP contribution in [0.2, 0.25) is 0 Å². The van der Waals surface area contributed by atoms with Gasteiger partial charge in [-0.15, -0.1) is 0 Å². The van der Waals surface area contributed by atoms with Gasteiger partial charge in [0.05, 0.1) is 0 Å². The number of hydrogen-bond donors (Lipinski definition) is 0. The largest absolute Gasteiger partial charge is 0.300 e. The topological polar surface area (TPSA) is 34.1 Å². The number of carbonyl (C=O) groups excluding carboxylic acids is 2. The maximum absolute atomic E-state index is 13.0. The maximum atomic E-state index is 13.0. The van der Waals surface area contributed by atoms with E-state index in [-0.39, 0.29) is 11.3 Å². The molecule has 4 fully saturated rings. The first-order valence-corrected chi connectivity index (χ1v) is 8.98. The SMILES string of the molecule is CC12CCCC1C1CC[C@H]3CC(=O)CCC3(C)C1C(=O)C2. The van der Waals surface area contributed by atoms with Crippen LogP contribution >= 0.6 is 0 Å². The van der Waals surface area contributed by atoms with Crippen molar-refractivity contribution in [2.24, 2.45) is 34.5 Å². The van der Waals surface area contributed by atoms with Crippen LogP contribution in [0.5, 0.6) is 0 Å². The summed E-state index contributed by atoms with van der Waals surface area (Å²) in [5.74, 6) is 3.12. The van der Waals surface area contributed by atoms with E-state index in [0.717, 1.165) is 25.2 Å². The first-order valence-electron chi connectivity index (χ1n) is 8.98. The van der Waals surface area contributed by atoms with Crippen LogP contribution in [0.3, 0.4) is 0 Å². The third-order valence-corrected chi connectivity index (χ3v) is 7.94. The first kappa shape index (κ1) is 14.0. The van der Waals surface area contributed by atoms with E-state index in [1.807, 2.05) is 0 Å². The lowest BCUT2D eigenvalue weighted by molar-refractivity contribution is -0.158. The molecule has 0 heterocycles. The van der Waals surface area contributed by atoms with Crippen LogP contribution in [0.25, 0.3) is 0 Å². The molecule has 21 heavy (non-hydrogen) atoms. The third-order valence-electron chi connectivity index (χ3n) is 7.94. The normalized spacial score (nSPS) is 53.0. The molecule has 2 nitrogen and oxygen atoms in total. The van der Waals surface area contributed by atoms with Crippen molar-refractivity contribution in [2.45, 2.75) is 71.6 Å². The fourth-order valence-corrected chi connectivity index (χ4v) is 6.87. The van der Waals surface area contributed by atoms with E-state index in [4.69, 9.17) is 0 Å². The molecule has 4 rings (SSSR count). The predicted octanol–water partition coefficient (Wildman–Crippen LogP) is 4.17. The number of hydrogen-bond acceptors (Lipinski definition) is 2. The molecule has 0 saturated heterocycles. The van der Waals surface area contributed by atoms with E-state index in [1.54, 1.807) is 0 Å². The summed E-state index contributed by atoms with van der Waals surface area (Å²) in [6.07, 6.45) is 9.53. The van der Waals surface area contributed by atoms with Gasteiger partial charge in [-0.2, -0.15) is 0 Å². The molecule has 0 radical (unpaired) electrons. The Morgan fingerprint density at radius 3 is 2.67 bits per heavy atom. The van der Waals surface area contributed by atoms with Gasteiger partial charge in [0.2, 0.25) is 0 Å². The Kier molecular flexibility index (Phi) is 2.94. The van der Waals surface area contributed by atoms with Gasteiger partial charge >= 0.3 is 0 Å². The third kappa shape index (κ3) is 1.83. The minimum atomic E-state index is 0.123. The van der Waals surface area contributed by atoms with Crippen LogP contribution in [-0.4, -0.2) is 11.6 Å². The van der Waals surface area contributed by atoms with Gasteiger partial charge in [-0.1, -0.05) is 20.3 Å². The molecule has 4 aliphatic carbocycles. The van der Waals surface area contributed by atoms with Gasteiger partial charge in [0.15, 0.2) is 0 Å². The van der Waals surface area contributed by atoms with Crippen LogP contribution in [0.15, 0.2) is 0 Å². The zero-order valence-corrected chi connectivity index (χ0v) is 13.5. The summed E-state index contributed by atoms with van der Waals surface area (Å²) < 4.78 is 0. The van der Waals surface area contributed by atoms with E-state index in [9.17, 15) is 9.59 Å². The summed E-state index contributed by atoms with van der Waals surface area (Å²) >= 11 is 0. The second-order valence-electron chi connectivity index (χ2n) is 8.96. The molecule has 4 saturated carbocycles. The molecule has 0 N–H and O–H groups in total. The Hall–Kier alpha value is -0.660. The van der Waals surface area contributed by atoms with Crippen molar-refractivity contribution in [1.29, 1.82) is 0 Å². The zero-order chi connectivity index (χ0) is 14.8. The molecule has 0 amide bonds. The van der Waals surface area contributed by atoms with Gasteiger partial charge in [0.1, 0.15) is 11.6 Å². The molecule has 0 aliphatic heterocycles. The molecular formula is C19H28O2. The Bertz CT molecular complexity index is 496. The lowest BCUT2D eigenvalue weighted by Gasteiger charge is -2.58. The number of carbonyl (C=O) groups is 2. The van der Waals surface area contributed by atoms with Crippen molar-refractivity contribution in [3.63, 3.8) is 0 Å². The van der Waals surface area contributed by atoms with Crippen LogP contribution in [0.1, 0.15) is 71.6 Å². The minimum absolute atomic E-state index is 0.123. The van der Waals surface area contributed by atoms with Crippen molar-refractivity contribution in [2.75, 3.05) is 0 Å². The van der Waals surface area contributed by atoms with Crippen LogP contribution in [0, 0.1) is 34.5 Å². The summed E-state index contributed by atoms with van der Waals surface area (Å²) in [5, 5.41) is 0. The molecule has 5 unspecified atom stereocenters. The van der Waals surface area contributed by atoms with Gasteiger partial charge in [-0.3, -0.25) is 9.59 Å². The molecule has 0 bridgehead atoms. The predicted molar refractivity (Wildman–Crippen MR) is 81.7 cm³/mol. The summed E-state index contributed by atoms with van der Waals surface area (Å²) in [4.78, 5) is 24.9.